The molecule has 0 bridgehead atoms. The predicted molar refractivity (Wildman–Crippen MR) is 71.3 cm³/mol. The average Bonchev–Trinajstić information content (AvgIpc) is 2.31. The van der Waals surface area contributed by atoms with Crippen LogP contribution in [0.25, 0.3) is 0 Å². The number of Topliss-reactive ketones (excluding diaryl/α,β-unsaturated/α-hetero) is 1. The number of carbonyl (C=O) groups excluding carboxylic acids is 1. The molecule has 1 aromatic carbocycles. The molecule has 1 aliphatic heterocycles. The van der Waals surface area contributed by atoms with Crippen LogP contribution in [-0.2, 0) is 9.84 Å². The van der Waals surface area contributed by atoms with Gasteiger partial charge in [-0.1, -0.05) is 6.42 Å². The molecule has 1 saturated heterocycles. The minimum Gasteiger partial charge on any atom is -0.399 e. The van der Waals surface area contributed by atoms with E-state index in [1.807, 2.05) is 6.92 Å². The summed E-state index contributed by atoms with van der Waals surface area (Å²) in [5.74, 6) is -0.171. The summed E-state index contributed by atoms with van der Waals surface area (Å²) in [6.07, 6.45) is 1.89. The number of nitrogen functional groups attached to an aromatic ring is 1. The van der Waals surface area contributed by atoms with Gasteiger partial charge in [-0.2, -0.15) is 0 Å². The van der Waals surface area contributed by atoms with Crippen LogP contribution < -0.4 is 5.73 Å². The highest BCUT2D eigenvalue weighted by Gasteiger charge is 2.35. The van der Waals surface area contributed by atoms with Gasteiger partial charge in [0.25, 0.3) is 0 Å². The van der Waals surface area contributed by atoms with Crippen molar-refractivity contribution in [2.24, 2.45) is 0 Å². The van der Waals surface area contributed by atoms with Gasteiger partial charge in [-0.25, -0.2) is 8.42 Å². The summed E-state index contributed by atoms with van der Waals surface area (Å²) in [5.41, 5.74) is 7.54. The summed E-state index contributed by atoms with van der Waals surface area (Å²) in [6, 6.07) is 4.93. The molecule has 1 aliphatic rings. The van der Waals surface area contributed by atoms with Crippen molar-refractivity contribution in [2.75, 3.05) is 11.5 Å². The largest absolute Gasteiger partial charge is 0.399 e. The molecule has 2 N–H and O–H groups in total. The van der Waals surface area contributed by atoms with Gasteiger partial charge < -0.3 is 5.73 Å². The Bertz CT molecular complexity index is 578. The quantitative estimate of drug-likeness (QED) is 0.654. The Labute approximate surface area is 107 Å². The van der Waals surface area contributed by atoms with Crippen molar-refractivity contribution in [3.8, 4) is 0 Å². The van der Waals surface area contributed by atoms with Crippen molar-refractivity contribution in [2.45, 2.75) is 31.4 Å². The molecule has 98 valence electrons. The van der Waals surface area contributed by atoms with Crippen LogP contribution in [0.1, 0.15) is 35.2 Å². The molecular weight excluding hydrogens is 250 g/mol. The number of anilines is 1. The van der Waals surface area contributed by atoms with Crippen molar-refractivity contribution in [1.82, 2.24) is 0 Å². The number of nitrogens with two attached hydrogens (primary N) is 1. The van der Waals surface area contributed by atoms with Crippen molar-refractivity contribution in [1.29, 1.82) is 0 Å². The summed E-state index contributed by atoms with van der Waals surface area (Å²) in [7, 11) is -3.27. The monoisotopic (exact) mass is 267 g/mol. The number of hydrogen-bond donors (Lipinski definition) is 1. The summed E-state index contributed by atoms with van der Waals surface area (Å²) in [6.45, 7) is 1.81. The molecule has 1 aromatic rings. The van der Waals surface area contributed by atoms with E-state index < -0.39 is 15.1 Å². The van der Waals surface area contributed by atoms with Crippen molar-refractivity contribution >= 4 is 21.3 Å². The van der Waals surface area contributed by atoms with Gasteiger partial charge in [-0.15, -0.1) is 0 Å². The first-order valence-electron chi connectivity index (χ1n) is 6.04. The maximum Gasteiger partial charge on any atom is 0.180 e. The molecule has 4 nitrogen and oxygen atoms in total. The topological polar surface area (TPSA) is 77.2 Å². The summed E-state index contributed by atoms with van der Waals surface area (Å²) < 4.78 is 23.8. The minimum atomic E-state index is -3.27. The van der Waals surface area contributed by atoms with Crippen LogP contribution in [0.4, 0.5) is 5.69 Å². The molecule has 1 heterocycles. The Morgan fingerprint density at radius 2 is 2.06 bits per heavy atom. The van der Waals surface area contributed by atoms with Gasteiger partial charge in [0.2, 0.25) is 0 Å². The molecule has 0 aromatic heterocycles. The second kappa shape index (κ2) is 4.72. The van der Waals surface area contributed by atoms with E-state index in [1.165, 1.54) is 0 Å². The highest BCUT2D eigenvalue weighted by atomic mass is 32.2. The Hall–Kier alpha value is -1.36. The third kappa shape index (κ3) is 2.41. The van der Waals surface area contributed by atoms with E-state index in [0.29, 0.717) is 24.1 Å². The lowest BCUT2D eigenvalue weighted by Gasteiger charge is -2.21. The van der Waals surface area contributed by atoms with Crippen LogP contribution in [0.5, 0.6) is 0 Å². The molecule has 18 heavy (non-hydrogen) atoms. The number of aryl methyl sites for hydroxylation is 1. The van der Waals surface area contributed by atoms with E-state index >= 15 is 0 Å². The summed E-state index contributed by atoms with van der Waals surface area (Å²) >= 11 is 0. The van der Waals surface area contributed by atoms with Gasteiger partial charge in [0.05, 0.1) is 5.75 Å². The molecule has 0 amide bonds. The summed E-state index contributed by atoms with van der Waals surface area (Å²) in [4.78, 5) is 12.3. The van der Waals surface area contributed by atoms with E-state index in [0.717, 1.165) is 12.0 Å². The van der Waals surface area contributed by atoms with E-state index in [4.69, 9.17) is 5.73 Å². The number of rotatable bonds is 2. The zero-order valence-electron chi connectivity index (χ0n) is 10.3. The predicted octanol–water partition coefficient (Wildman–Crippen LogP) is 1.73. The van der Waals surface area contributed by atoms with Crippen LogP contribution in [-0.4, -0.2) is 25.2 Å². The first kappa shape index (κ1) is 13.1. The second-order valence-electron chi connectivity index (χ2n) is 4.79. The van der Waals surface area contributed by atoms with Crippen LogP contribution >= 0.6 is 0 Å². The zero-order valence-corrected chi connectivity index (χ0v) is 11.2. The highest BCUT2D eigenvalue weighted by Crippen LogP contribution is 2.24. The number of hydrogen-bond acceptors (Lipinski definition) is 4. The fourth-order valence-electron chi connectivity index (χ4n) is 2.26. The highest BCUT2D eigenvalue weighted by molar-refractivity contribution is 7.92. The second-order valence-corrected chi connectivity index (χ2v) is 7.09. The van der Waals surface area contributed by atoms with E-state index in [9.17, 15) is 13.2 Å². The Kier molecular flexibility index (Phi) is 3.43. The van der Waals surface area contributed by atoms with Gasteiger partial charge in [0.15, 0.2) is 15.6 Å². The molecule has 0 aliphatic carbocycles. The van der Waals surface area contributed by atoms with Gasteiger partial charge >= 0.3 is 0 Å². The molecule has 1 fully saturated rings. The van der Waals surface area contributed by atoms with Gasteiger partial charge in [0.1, 0.15) is 5.25 Å². The Morgan fingerprint density at radius 3 is 2.67 bits per heavy atom. The number of sulfone groups is 1. The van der Waals surface area contributed by atoms with Crippen LogP contribution in [0.3, 0.4) is 0 Å². The smallest absolute Gasteiger partial charge is 0.180 e. The van der Waals surface area contributed by atoms with E-state index in [2.05, 4.69) is 0 Å². The first-order valence-corrected chi connectivity index (χ1v) is 7.75. The normalized spacial score (nSPS) is 22.6. The molecule has 2 rings (SSSR count). The zero-order chi connectivity index (χ0) is 13.3. The number of ketones is 1. The van der Waals surface area contributed by atoms with Gasteiger partial charge in [0, 0.05) is 11.3 Å². The SMILES string of the molecule is Cc1cc(C(=O)C2CCCCS2(=O)=O)ccc1N. The Morgan fingerprint density at radius 1 is 1.33 bits per heavy atom. The lowest BCUT2D eigenvalue weighted by atomic mass is 10.0. The van der Waals surface area contributed by atoms with Gasteiger partial charge in [-0.3, -0.25) is 4.79 Å². The third-order valence-corrected chi connectivity index (χ3v) is 5.60. The average molecular weight is 267 g/mol. The standard InChI is InChI=1S/C13H17NO3S/c1-9-8-10(5-6-11(9)14)13(15)12-4-2-3-7-18(12,16)17/h5-6,8,12H,2-4,7,14H2,1H3. The van der Waals surface area contributed by atoms with Crippen LogP contribution in [0.2, 0.25) is 0 Å². The fraction of sp³-hybridized carbons (Fsp3) is 0.462. The Balaban J connectivity index is 2.33. The molecule has 0 spiro atoms. The van der Waals surface area contributed by atoms with E-state index in [-0.39, 0.29) is 11.5 Å². The fourth-order valence-corrected chi connectivity index (χ4v) is 4.14. The van der Waals surface area contributed by atoms with Crippen molar-refractivity contribution in [3.63, 3.8) is 0 Å². The minimum absolute atomic E-state index is 0.122. The lowest BCUT2D eigenvalue weighted by Crippen LogP contribution is -2.35. The number of carbonyl (C=O) groups is 1. The summed E-state index contributed by atoms with van der Waals surface area (Å²) in [5, 5.41) is -0.866. The van der Waals surface area contributed by atoms with Crippen LogP contribution in [0, 0.1) is 6.92 Å². The number of benzene rings is 1. The maximum absolute atomic E-state index is 12.3. The van der Waals surface area contributed by atoms with Gasteiger partial charge in [-0.05, 0) is 43.5 Å². The van der Waals surface area contributed by atoms with Crippen LogP contribution in [0.15, 0.2) is 18.2 Å². The van der Waals surface area contributed by atoms with E-state index in [1.54, 1.807) is 18.2 Å². The third-order valence-electron chi connectivity index (χ3n) is 3.43. The van der Waals surface area contributed by atoms with Crippen molar-refractivity contribution < 1.29 is 13.2 Å². The first-order chi connectivity index (χ1) is 8.42. The molecule has 1 atom stereocenters. The molecular formula is C13H17NO3S. The molecule has 1 unspecified atom stereocenters. The lowest BCUT2D eigenvalue weighted by molar-refractivity contribution is 0.0981. The molecule has 5 heteroatoms. The maximum atomic E-state index is 12.3. The van der Waals surface area contributed by atoms with Crippen molar-refractivity contribution in [3.05, 3.63) is 29.3 Å². The molecule has 0 saturated carbocycles. The molecule has 0 radical (unpaired) electrons.